The van der Waals surface area contributed by atoms with Gasteiger partial charge in [0.15, 0.2) is 0 Å². The van der Waals surface area contributed by atoms with Crippen molar-refractivity contribution in [1.82, 2.24) is 10.6 Å². The molecule has 1 aliphatic heterocycles. The molecule has 2 aliphatic rings. The molecule has 1 amide bonds. The molecule has 0 atom stereocenters. The lowest BCUT2D eigenvalue weighted by Crippen LogP contribution is -2.52. The second-order valence-electron chi connectivity index (χ2n) is 7.87. The molecule has 0 unspecified atom stereocenters. The summed E-state index contributed by atoms with van der Waals surface area (Å²) in [5.41, 5.74) is 0.903. The number of carbonyl (C=O) groups excluding carboxylic acids is 1. The predicted octanol–water partition coefficient (Wildman–Crippen LogP) is 3.06. The van der Waals surface area contributed by atoms with E-state index in [4.69, 9.17) is 9.47 Å². The number of amides is 1. The van der Waals surface area contributed by atoms with Crippen LogP contribution in [0.2, 0.25) is 0 Å². The van der Waals surface area contributed by atoms with Crippen LogP contribution in [0.25, 0.3) is 0 Å². The van der Waals surface area contributed by atoms with E-state index in [9.17, 15) is 4.79 Å². The van der Waals surface area contributed by atoms with Gasteiger partial charge in [-0.3, -0.25) is 4.79 Å². The van der Waals surface area contributed by atoms with Crippen LogP contribution in [-0.2, 0) is 14.9 Å². The average molecular weight is 397 g/mol. The number of carbonyl (C=O) groups is 1. The van der Waals surface area contributed by atoms with Gasteiger partial charge in [-0.05, 0) is 56.5 Å². The smallest absolute Gasteiger partial charge is 0.228 e. The maximum absolute atomic E-state index is 13.1. The predicted molar refractivity (Wildman–Crippen MR) is 110 cm³/mol. The monoisotopic (exact) mass is 396 g/mol. The van der Waals surface area contributed by atoms with Gasteiger partial charge in [-0.25, -0.2) is 0 Å². The molecular weight excluding hydrogens is 364 g/mol. The van der Waals surface area contributed by atoms with Gasteiger partial charge >= 0.3 is 0 Å². The number of nitrogens with one attached hydrogen (secondary N) is 2. The van der Waals surface area contributed by atoms with Crippen molar-refractivity contribution in [3.63, 3.8) is 0 Å². The lowest BCUT2D eigenvalue weighted by atomic mass is 9.76. The zero-order valence-corrected chi connectivity index (χ0v) is 17.3. The van der Waals surface area contributed by atoms with Crippen LogP contribution >= 0.6 is 12.4 Å². The van der Waals surface area contributed by atoms with Crippen molar-refractivity contribution in [3.8, 4) is 5.75 Å². The van der Waals surface area contributed by atoms with Crippen molar-refractivity contribution in [1.29, 1.82) is 0 Å². The van der Waals surface area contributed by atoms with Gasteiger partial charge in [0, 0.05) is 19.1 Å². The van der Waals surface area contributed by atoms with Crippen molar-refractivity contribution < 1.29 is 14.3 Å². The van der Waals surface area contributed by atoms with E-state index in [1.165, 1.54) is 18.4 Å². The number of hydrogen-bond acceptors (Lipinski definition) is 4. The fraction of sp³-hybridized carbons (Fsp3) is 0.667. The molecule has 0 radical (unpaired) electrons. The first-order chi connectivity index (χ1) is 12.6. The Bertz CT molecular complexity index is 606. The Balaban J connectivity index is 0.00000261. The summed E-state index contributed by atoms with van der Waals surface area (Å²) in [6.07, 6.45) is 6.30. The molecule has 2 N–H and O–H groups in total. The molecule has 0 aromatic heterocycles. The Morgan fingerprint density at radius 2 is 1.85 bits per heavy atom. The molecule has 0 bridgehead atoms. The van der Waals surface area contributed by atoms with Crippen LogP contribution in [0, 0.1) is 5.41 Å². The minimum atomic E-state index is -0.395. The number of rotatable bonds is 7. The van der Waals surface area contributed by atoms with Crippen LogP contribution in [0.1, 0.15) is 44.1 Å². The van der Waals surface area contributed by atoms with Gasteiger partial charge in [0.05, 0.1) is 19.1 Å². The van der Waals surface area contributed by atoms with Crippen LogP contribution in [0.15, 0.2) is 24.3 Å². The molecule has 3 rings (SSSR count). The Morgan fingerprint density at radius 3 is 2.48 bits per heavy atom. The van der Waals surface area contributed by atoms with Crippen molar-refractivity contribution >= 4 is 18.3 Å². The highest BCUT2D eigenvalue weighted by Crippen LogP contribution is 2.42. The van der Waals surface area contributed by atoms with Crippen LogP contribution in [0.3, 0.4) is 0 Å². The van der Waals surface area contributed by atoms with E-state index in [0.717, 1.165) is 44.5 Å². The van der Waals surface area contributed by atoms with Crippen LogP contribution in [-0.4, -0.2) is 46.4 Å². The Labute approximate surface area is 169 Å². The molecule has 1 aliphatic carbocycles. The molecule has 2 fully saturated rings. The van der Waals surface area contributed by atoms with Gasteiger partial charge in [-0.15, -0.1) is 12.4 Å². The fourth-order valence-electron chi connectivity index (χ4n) is 4.63. The second-order valence-corrected chi connectivity index (χ2v) is 7.87. The van der Waals surface area contributed by atoms with Gasteiger partial charge < -0.3 is 20.1 Å². The first-order valence-electron chi connectivity index (χ1n) is 9.77. The third-order valence-electron chi connectivity index (χ3n) is 6.29. The number of hydrogen-bond donors (Lipinski definition) is 2. The minimum Gasteiger partial charge on any atom is -0.497 e. The highest BCUT2D eigenvalue weighted by atomic mass is 35.5. The van der Waals surface area contributed by atoms with Gasteiger partial charge in [-0.2, -0.15) is 0 Å². The zero-order chi connectivity index (χ0) is 18.5. The number of benzene rings is 1. The summed E-state index contributed by atoms with van der Waals surface area (Å²) in [4.78, 5) is 13.1. The number of ether oxygens (including phenoxy) is 2. The molecule has 1 saturated heterocycles. The summed E-state index contributed by atoms with van der Waals surface area (Å²) in [5, 5.41) is 6.66. The summed E-state index contributed by atoms with van der Waals surface area (Å²) in [7, 11) is 3.39. The first kappa shape index (κ1) is 22.0. The highest BCUT2D eigenvalue weighted by molar-refractivity contribution is 5.85. The van der Waals surface area contributed by atoms with Gasteiger partial charge in [-0.1, -0.05) is 25.0 Å². The largest absolute Gasteiger partial charge is 0.497 e. The first-order valence-corrected chi connectivity index (χ1v) is 9.77. The summed E-state index contributed by atoms with van der Waals surface area (Å²) in [6, 6.07) is 8.34. The summed E-state index contributed by atoms with van der Waals surface area (Å²) < 4.78 is 10.8. The van der Waals surface area contributed by atoms with Crippen molar-refractivity contribution in [3.05, 3.63) is 29.8 Å². The fourth-order valence-corrected chi connectivity index (χ4v) is 4.63. The van der Waals surface area contributed by atoms with E-state index >= 15 is 0 Å². The maximum Gasteiger partial charge on any atom is 0.228 e. The van der Waals surface area contributed by atoms with Crippen LogP contribution in [0.4, 0.5) is 0 Å². The molecule has 1 aromatic rings. The number of halogens is 1. The summed E-state index contributed by atoms with van der Waals surface area (Å²) in [6.45, 7) is 2.93. The van der Waals surface area contributed by atoms with Crippen LogP contribution in [0.5, 0.6) is 5.75 Å². The number of methoxy groups -OCH3 is 2. The van der Waals surface area contributed by atoms with Gasteiger partial charge in [0.25, 0.3) is 0 Å². The number of piperidine rings is 1. The maximum atomic E-state index is 13.1. The standard InChI is InChI=1S/C21H32N2O3.ClH/c1-25-16-21(10-12-22-13-11-21)19(24)23-15-20(8-3-4-9-20)17-6-5-7-18(14-17)26-2;/h5-7,14,22H,3-4,8-13,15-16H2,1-2H3,(H,23,24);1H. The average Bonchev–Trinajstić information content (AvgIpc) is 3.17. The van der Waals surface area contributed by atoms with Crippen LogP contribution < -0.4 is 15.4 Å². The molecule has 27 heavy (non-hydrogen) atoms. The molecule has 0 spiro atoms. The van der Waals surface area contributed by atoms with E-state index in [1.807, 2.05) is 6.07 Å². The molecule has 1 heterocycles. The summed E-state index contributed by atoms with van der Waals surface area (Å²) >= 11 is 0. The molecular formula is C21H33ClN2O3. The van der Waals surface area contributed by atoms with E-state index < -0.39 is 5.41 Å². The summed E-state index contributed by atoms with van der Waals surface area (Å²) in [5.74, 6) is 1.03. The minimum absolute atomic E-state index is 0. The lowest BCUT2D eigenvalue weighted by Gasteiger charge is -2.37. The van der Waals surface area contributed by atoms with E-state index in [0.29, 0.717) is 13.2 Å². The molecule has 1 saturated carbocycles. The molecule has 6 heteroatoms. The van der Waals surface area contributed by atoms with E-state index in [-0.39, 0.29) is 23.7 Å². The lowest BCUT2D eigenvalue weighted by molar-refractivity contribution is -0.136. The van der Waals surface area contributed by atoms with Crippen molar-refractivity contribution in [2.24, 2.45) is 5.41 Å². The van der Waals surface area contributed by atoms with E-state index in [1.54, 1.807) is 14.2 Å². The SMILES string of the molecule is COCC1(C(=O)NCC2(c3cccc(OC)c3)CCCC2)CCNCC1.Cl. The normalized spacial score (nSPS) is 20.5. The molecule has 152 valence electrons. The quantitative estimate of drug-likeness (QED) is 0.743. The van der Waals surface area contributed by atoms with E-state index in [2.05, 4.69) is 28.8 Å². The van der Waals surface area contributed by atoms with Crippen molar-refractivity contribution in [2.75, 3.05) is 40.5 Å². The Kier molecular flexibility index (Phi) is 7.95. The molecule has 1 aromatic carbocycles. The Hall–Kier alpha value is -1.30. The molecule has 5 nitrogen and oxygen atoms in total. The van der Waals surface area contributed by atoms with Gasteiger partial charge in [0.2, 0.25) is 5.91 Å². The topological polar surface area (TPSA) is 59.6 Å². The van der Waals surface area contributed by atoms with Crippen molar-refractivity contribution in [2.45, 2.75) is 43.9 Å². The Morgan fingerprint density at radius 1 is 1.15 bits per heavy atom. The third kappa shape index (κ3) is 4.76. The second kappa shape index (κ2) is 9.76. The van der Waals surface area contributed by atoms with Gasteiger partial charge in [0.1, 0.15) is 5.75 Å². The highest BCUT2D eigenvalue weighted by Gasteiger charge is 2.42. The third-order valence-corrected chi connectivity index (χ3v) is 6.29. The zero-order valence-electron chi connectivity index (χ0n) is 16.5.